The van der Waals surface area contributed by atoms with Gasteiger partial charge in [-0.1, -0.05) is 61.3 Å². The molecule has 1 amide bonds. The van der Waals surface area contributed by atoms with E-state index in [1.807, 2.05) is 32.9 Å². The molecule has 0 bridgehead atoms. The number of carbonyl (C=O) groups is 1. The first kappa shape index (κ1) is 21.0. The monoisotopic (exact) mass is 415 g/mol. The van der Waals surface area contributed by atoms with Crippen LogP contribution in [0.2, 0.25) is 5.02 Å². The van der Waals surface area contributed by atoms with E-state index in [1.54, 1.807) is 18.2 Å². The van der Waals surface area contributed by atoms with Crippen molar-refractivity contribution in [1.82, 2.24) is 15.5 Å². The first-order valence-corrected chi connectivity index (χ1v) is 9.89. The Morgan fingerprint density at radius 2 is 1.97 bits per heavy atom. The molecular weight excluding hydrogens is 393 g/mol. The van der Waals surface area contributed by atoms with Crippen LogP contribution < -0.4 is 5.32 Å². The average molecular weight is 416 g/mol. The van der Waals surface area contributed by atoms with Crippen molar-refractivity contribution in [2.75, 3.05) is 0 Å². The highest BCUT2D eigenvalue weighted by atomic mass is 35.5. The maximum atomic E-state index is 13.1. The number of rotatable bonds is 7. The summed E-state index contributed by atoms with van der Waals surface area (Å²) in [5.74, 6) is 0.324. The molecule has 0 aliphatic carbocycles. The molecule has 0 unspecified atom stereocenters. The summed E-state index contributed by atoms with van der Waals surface area (Å²) < 4.78 is 18.5. The molecule has 0 saturated carbocycles. The Labute approximate surface area is 174 Å². The Kier molecular flexibility index (Phi) is 6.64. The molecule has 7 heteroatoms. The molecule has 3 rings (SSSR count). The van der Waals surface area contributed by atoms with Crippen LogP contribution in [0, 0.1) is 18.7 Å². The average Bonchev–Trinajstić information content (AvgIpc) is 3.19. The van der Waals surface area contributed by atoms with Gasteiger partial charge in [0.25, 0.3) is 0 Å². The summed E-state index contributed by atoms with van der Waals surface area (Å²) in [4.78, 5) is 17.0. The summed E-state index contributed by atoms with van der Waals surface area (Å²) in [6.45, 7) is 5.96. The van der Waals surface area contributed by atoms with E-state index in [9.17, 15) is 9.18 Å². The van der Waals surface area contributed by atoms with E-state index in [-0.39, 0.29) is 24.1 Å². The molecule has 1 N–H and O–H groups in total. The third-order valence-electron chi connectivity index (χ3n) is 4.95. The minimum Gasteiger partial charge on any atom is -0.344 e. The van der Waals surface area contributed by atoms with Crippen LogP contribution in [0.25, 0.3) is 11.4 Å². The fourth-order valence-electron chi connectivity index (χ4n) is 2.91. The number of aromatic nitrogens is 2. The van der Waals surface area contributed by atoms with E-state index in [0.717, 1.165) is 23.1 Å². The van der Waals surface area contributed by atoms with Crippen molar-refractivity contribution < 1.29 is 13.7 Å². The molecule has 2 aromatic carbocycles. The standard InChI is InChI=1S/C22H23ClFN3O2/c1-4-13(2)20(25-19(28)11-15-6-9-17(24)10-7-15)22-26-21(27-29-22)16-8-5-14(3)18(23)12-16/h5-10,12-13,20H,4,11H2,1-3H3,(H,25,28)/t13-,20+/m0/s1. The third-order valence-corrected chi connectivity index (χ3v) is 5.35. The highest BCUT2D eigenvalue weighted by Gasteiger charge is 2.26. The summed E-state index contributed by atoms with van der Waals surface area (Å²) >= 11 is 6.19. The van der Waals surface area contributed by atoms with E-state index in [0.29, 0.717) is 16.7 Å². The Hall–Kier alpha value is -2.73. The molecule has 3 aromatic rings. The molecule has 0 radical (unpaired) electrons. The molecule has 0 saturated heterocycles. The summed E-state index contributed by atoms with van der Waals surface area (Å²) in [5, 5.41) is 7.66. The maximum absolute atomic E-state index is 13.1. The minimum atomic E-state index is -0.421. The second kappa shape index (κ2) is 9.18. The minimum absolute atomic E-state index is 0.0853. The zero-order chi connectivity index (χ0) is 21.0. The summed E-state index contributed by atoms with van der Waals surface area (Å²) in [6.07, 6.45) is 0.956. The van der Waals surface area contributed by atoms with Crippen LogP contribution in [-0.4, -0.2) is 16.0 Å². The van der Waals surface area contributed by atoms with Crippen LogP contribution in [0.1, 0.15) is 43.3 Å². The number of halogens is 2. The summed E-state index contributed by atoms with van der Waals surface area (Å²) in [5.41, 5.74) is 2.44. The van der Waals surface area contributed by atoms with Gasteiger partial charge in [0.2, 0.25) is 17.6 Å². The quantitative estimate of drug-likeness (QED) is 0.569. The van der Waals surface area contributed by atoms with Crippen molar-refractivity contribution in [3.05, 3.63) is 70.3 Å². The van der Waals surface area contributed by atoms with E-state index in [4.69, 9.17) is 16.1 Å². The Morgan fingerprint density at radius 3 is 2.62 bits per heavy atom. The zero-order valence-electron chi connectivity index (χ0n) is 16.6. The fourth-order valence-corrected chi connectivity index (χ4v) is 3.09. The number of nitrogens with one attached hydrogen (secondary N) is 1. The van der Waals surface area contributed by atoms with Gasteiger partial charge in [-0.05, 0) is 42.2 Å². The predicted molar refractivity (Wildman–Crippen MR) is 110 cm³/mol. The molecule has 0 spiro atoms. The summed E-state index contributed by atoms with van der Waals surface area (Å²) in [7, 11) is 0. The highest BCUT2D eigenvalue weighted by molar-refractivity contribution is 6.31. The molecule has 1 aromatic heterocycles. The van der Waals surface area contributed by atoms with E-state index in [1.165, 1.54) is 12.1 Å². The first-order valence-electron chi connectivity index (χ1n) is 9.51. The van der Waals surface area contributed by atoms with Crippen LogP contribution in [0.15, 0.2) is 47.0 Å². The zero-order valence-corrected chi connectivity index (χ0v) is 17.3. The number of aryl methyl sites for hydroxylation is 1. The molecule has 152 valence electrons. The van der Waals surface area contributed by atoms with Gasteiger partial charge in [0.05, 0.1) is 6.42 Å². The maximum Gasteiger partial charge on any atom is 0.249 e. The lowest BCUT2D eigenvalue weighted by molar-refractivity contribution is -0.121. The molecule has 29 heavy (non-hydrogen) atoms. The highest BCUT2D eigenvalue weighted by Crippen LogP contribution is 2.27. The lowest BCUT2D eigenvalue weighted by Gasteiger charge is -2.20. The molecule has 0 aliphatic rings. The van der Waals surface area contributed by atoms with Gasteiger partial charge in [-0.15, -0.1) is 0 Å². The largest absolute Gasteiger partial charge is 0.344 e. The lowest BCUT2D eigenvalue weighted by atomic mass is 9.98. The Bertz CT molecular complexity index is 988. The van der Waals surface area contributed by atoms with Crippen molar-refractivity contribution in [3.8, 4) is 11.4 Å². The van der Waals surface area contributed by atoms with Crippen molar-refractivity contribution >= 4 is 17.5 Å². The van der Waals surface area contributed by atoms with Gasteiger partial charge in [-0.3, -0.25) is 4.79 Å². The lowest BCUT2D eigenvalue weighted by Crippen LogP contribution is -2.33. The number of hydrogen-bond donors (Lipinski definition) is 1. The van der Waals surface area contributed by atoms with Crippen LogP contribution in [0.3, 0.4) is 0 Å². The number of carbonyl (C=O) groups excluding carboxylic acids is 1. The molecule has 0 fully saturated rings. The normalized spacial score (nSPS) is 13.1. The second-order valence-electron chi connectivity index (χ2n) is 7.15. The van der Waals surface area contributed by atoms with Gasteiger partial charge >= 0.3 is 0 Å². The van der Waals surface area contributed by atoms with Crippen LogP contribution in [0.5, 0.6) is 0 Å². The van der Waals surface area contributed by atoms with Crippen LogP contribution >= 0.6 is 11.6 Å². The predicted octanol–water partition coefficient (Wildman–Crippen LogP) is 5.28. The van der Waals surface area contributed by atoms with Gasteiger partial charge < -0.3 is 9.84 Å². The Balaban J connectivity index is 1.78. The summed E-state index contributed by atoms with van der Waals surface area (Å²) in [6, 6.07) is 11.0. The van der Waals surface area contributed by atoms with Crippen molar-refractivity contribution in [2.24, 2.45) is 5.92 Å². The van der Waals surface area contributed by atoms with Gasteiger partial charge in [0, 0.05) is 10.6 Å². The van der Waals surface area contributed by atoms with Crippen LogP contribution in [0.4, 0.5) is 4.39 Å². The molecule has 0 aliphatic heterocycles. The van der Waals surface area contributed by atoms with E-state index in [2.05, 4.69) is 15.5 Å². The SMILES string of the molecule is CC[C@H](C)[C@@H](NC(=O)Cc1ccc(F)cc1)c1nc(-c2ccc(C)c(Cl)c2)no1. The van der Waals surface area contributed by atoms with E-state index >= 15 is 0 Å². The van der Waals surface area contributed by atoms with Gasteiger partial charge in [0.15, 0.2) is 0 Å². The first-order chi connectivity index (χ1) is 13.9. The number of hydrogen-bond acceptors (Lipinski definition) is 4. The third kappa shape index (κ3) is 5.21. The van der Waals surface area contributed by atoms with E-state index < -0.39 is 6.04 Å². The number of benzene rings is 2. The molecular formula is C22H23ClFN3O2. The van der Waals surface area contributed by atoms with Gasteiger partial charge in [-0.2, -0.15) is 4.98 Å². The van der Waals surface area contributed by atoms with Crippen LogP contribution in [-0.2, 0) is 11.2 Å². The topological polar surface area (TPSA) is 68.0 Å². The molecule has 5 nitrogen and oxygen atoms in total. The van der Waals surface area contributed by atoms with Crippen molar-refractivity contribution in [1.29, 1.82) is 0 Å². The second-order valence-corrected chi connectivity index (χ2v) is 7.56. The smallest absolute Gasteiger partial charge is 0.249 e. The number of amides is 1. The van der Waals surface area contributed by atoms with Crippen molar-refractivity contribution in [2.45, 2.75) is 39.7 Å². The molecule has 1 heterocycles. The Morgan fingerprint density at radius 1 is 1.24 bits per heavy atom. The van der Waals surface area contributed by atoms with Crippen molar-refractivity contribution in [3.63, 3.8) is 0 Å². The van der Waals surface area contributed by atoms with Gasteiger partial charge in [0.1, 0.15) is 11.9 Å². The number of nitrogens with zero attached hydrogens (tertiary/aromatic N) is 2. The molecule has 2 atom stereocenters. The van der Waals surface area contributed by atoms with Gasteiger partial charge in [-0.25, -0.2) is 4.39 Å². The fraction of sp³-hybridized carbons (Fsp3) is 0.318.